The molecule has 0 saturated carbocycles. The smallest absolute Gasteiger partial charge is 0.360 e. The van der Waals surface area contributed by atoms with Gasteiger partial charge >= 0.3 is 5.97 Å². The lowest BCUT2D eigenvalue weighted by atomic mass is 10.1. The number of methoxy groups -OCH3 is 1. The second kappa shape index (κ2) is 5.70. The molecular weight excluding hydrogens is 286 g/mol. The maximum atomic E-state index is 13.5. The van der Waals surface area contributed by atoms with Crippen LogP contribution < -0.4 is 5.56 Å². The molecule has 0 aliphatic rings. The zero-order chi connectivity index (χ0) is 15.6. The van der Waals surface area contributed by atoms with E-state index in [1.165, 1.54) is 6.07 Å². The molecular formula is C13H10F2N2O4. The van der Waals surface area contributed by atoms with Crippen molar-refractivity contribution in [2.45, 2.75) is 6.42 Å². The van der Waals surface area contributed by atoms with Crippen LogP contribution in [0.1, 0.15) is 21.9 Å². The summed E-state index contributed by atoms with van der Waals surface area (Å²) in [5, 5.41) is 9.45. The molecule has 0 radical (unpaired) electrons. The van der Waals surface area contributed by atoms with Crippen LogP contribution in [0.4, 0.5) is 8.78 Å². The van der Waals surface area contributed by atoms with E-state index in [4.69, 9.17) is 0 Å². The number of carbonyl (C=O) groups is 1. The monoisotopic (exact) mass is 296 g/mol. The van der Waals surface area contributed by atoms with Crippen LogP contribution >= 0.6 is 0 Å². The van der Waals surface area contributed by atoms with Gasteiger partial charge in [-0.05, 0) is 11.6 Å². The topological polar surface area (TPSA) is 92.3 Å². The minimum absolute atomic E-state index is 0.0660. The highest BCUT2D eigenvalue weighted by molar-refractivity contribution is 5.89. The Morgan fingerprint density at radius 1 is 1.43 bits per heavy atom. The lowest BCUT2D eigenvalue weighted by Gasteiger charge is -2.06. The number of aromatic amines is 1. The Balaban J connectivity index is 2.43. The van der Waals surface area contributed by atoms with Crippen molar-refractivity contribution < 1.29 is 23.4 Å². The summed E-state index contributed by atoms with van der Waals surface area (Å²) in [5.41, 5.74) is -1.46. The van der Waals surface area contributed by atoms with Crippen molar-refractivity contribution in [3.8, 4) is 5.75 Å². The van der Waals surface area contributed by atoms with Crippen molar-refractivity contribution in [1.82, 2.24) is 9.97 Å². The van der Waals surface area contributed by atoms with Gasteiger partial charge in [0, 0.05) is 12.5 Å². The minimum Gasteiger partial charge on any atom is -0.501 e. The molecule has 21 heavy (non-hydrogen) atoms. The minimum atomic E-state index is -1.00. The van der Waals surface area contributed by atoms with Crippen molar-refractivity contribution >= 4 is 5.97 Å². The Morgan fingerprint density at radius 2 is 2.14 bits per heavy atom. The maximum absolute atomic E-state index is 13.5. The van der Waals surface area contributed by atoms with Gasteiger partial charge in [0.25, 0.3) is 5.56 Å². The van der Waals surface area contributed by atoms with Crippen LogP contribution in [0.15, 0.2) is 23.0 Å². The van der Waals surface area contributed by atoms with Gasteiger partial charge in [-0.25, -0.2) is 18.6 Å². The van der Waals surface area contributed by atoms with Crippen molar-refractivity contribution in [3.05, 3.63) is 57.3 Å². The lowest BCUT2D eigenvalue weighted by molar-refractivity contribution is 0.0589. The number of aromatic hydroxyl groups is 1. The molecule has 0 bridgehead atoms. The van der Waals surface area contributed by atoms with Gasteiger partial charge in [0.1, 0.15) is 17.5 Å². The van der Waals surface area contributed by atoms with Crippen LogP contribution in [0.2, 0.25) is 0 Å². The van der Waals surface area contributed by atoms with Crippen molar-refractivity contribution in [2.24, 2.45) is 0 Å². The van der Waals surface area contributed by atoms with Gasteiger partial charge in [0.2, 0.25) is 5.75 Å². The van der Waals surface area contributed by atoms with Crippen LogP contribution in [0.5, 0.6) is 5.75 Å². The van der Waals surface area contributed by atoms with E-state index in [9.17, 15) is 23.5 Å². The van der Waals surface area contributed by atoms with Gasteiger partial charge < -0.3 is 14.8 Å². The zero-order valence-electron chi connectivity index (χ0n) is 10.8. The number of rotatable bonds is 3. The number of hydrogen-bond acceptors (Lipinski definition) is 5. The Bertz CT molecular complexity index is 758. The summed E-state index contributed by atoms with van der Waals surface area (Å²) in [7, 11) is 1.06. The molecule has 0 fully saturated rings. The molecule has 2 rings (SSSR count). The molecule has 6 nitrogen and oxygen atoms in total. The Morgan fingerprint density at radius 3 is 2.76 bits per heavy atom. The molecule has 1 heterocycles. The third-order valence-corrected chi connectivity index (χ3v) is 2.70. The summed E-state index contributed by atoms with van der Waals surface area (Å²) in [4.78, 5) is 28.8. The highest BCUT2D eigenvalue weighted by atomic mass is 19.1. The molecule has 1 aromatic carbocycles. The molecule has 8 heteroatoms. The number of esters is 1. The largest absolute Gasteiger partial charge is 0.501 e. The molecule has 2 N–H and O–H groups in total. The SMILES string of the molecule is COC(=O)c1nc(Cc2ccc(F)cc2F)[nH]c(=O)c1O. The van der Waals surface area contributed by atoms with Gasteiger partial charge in [0.05, 0.1) is 7.11 Å². The summed E-state index contributed by atoms with van der Waals surface area (Å²) in [6.45, 7) is 0. The van der Waals surface area contributed by atoms with Gasteiger partial charge in [-0.15, -0.1) is 0 Å². The molecule has 110 valence electrons. The van der Waals surface area contributed by atoms with E-state index in [0.717, 1.165) is 13.2 Å². The van der Waals surface area contributed by atoms with E-state index in [1.807, 2.05) is 0 Å². The maximum Gasteiger partial charge on any atom is 0.360 e. The highest BCUT2D eigenvalue weighted by Crippen LogP contribution is 2.14. The van der Waals surface area contributed by atoms with Gasteiger partial charge in [-0.3, -0.25) is 4.79 Å². The molecule has 0 spiro atoms. The predicted octanol–water partition coefficient (Wildman–Crippen LogP) is 1.13. The van der Waals surface area contributed by atoms with Crippen LogP contribution in [0.25, 0.3) is 0 Å². The zero-order valence-corrected chi connectivity index (χ0v) is 10.8. The lowest BCUT2D eigenvalue weighted by Crippen LogP contribution is -2.18. The highest BCUT2D eigenvalue weighted by Gasteiger charge is 2.19. The van der Waals surface area contributed by atoms with E-state index < -0.39 is 34.6 Å². The van der Waals surface area contributed by atoms with Crippen molar-refractivity contribution in [2.75, 3.05) is 7.11 Å². The molecule has 1 aromatic heterocycles. The first-order valence-corrected chi connectivity index (χ1v) is 5.76. The van der Waals surface area contributed by atoms with Crippen molar-refractivity contribution in [3.63, 3.8) is 0 Å². The number of aromatic nitrogens is 2. The number of halogens is 2. The van der Waals surface area contributed by atoms with Crippen LogP contribution in [0, 0.1) is 11.6 Å². The standard InChI is InChI=1S/C13H10F2N2O4/c1-21-13(20)10-11(18)12(19)17-9(16-10)4-6-2-3-7(14)5-8(6)15/h2-3,5,18H,4H2,1H3,(H,16,17,19). The molecule has 0 aliphatic heterocycles. The number of ether oxygens (including phenoxy) is 1. The summed E-state index contributed by atoms with van der Waals surface area (Å²) in [6, 6.07) is 2.93. The van der Waals surface area contributed by atoms with E-state index in [1.54, 1.807) is 0 Å². The predicted molar refractivity (Wildman–Crippen MR) is 67.0 cm³/mol. The van der Waals surface area contributed by atoms with Gasteiger partial charge in [-0.1, -0.05) is 6.07 Å². The molecule has 0 atom stereocenters. The first-order chi connectivity index (χ1) is 9.92. The Hall–Kier alpha value is -2.77. The third kappa shape index (κ3) is 3.04. The summed E-state index contributed by atoms with van der Waals surface area (Å²) in [6.07, 6.45) is -0.189. The molecule has 0 amide bonds. The first-order valence-electron chi connectivity index (χ1n) is 5.76. The third-order valence-electron chi connectivity index (χ3n) is 2.70. The summed E-state index contributed by atoms with van der Waals surface area (Å²) < 4.78 is 30.7. The molecule has 0 unspecified atom stereocenters. The fourth-order valence-electron chi connectivity index (χ4n) is 1.68. The second-order valence-electron chi connectivity index (χ2n) is 4.11. The molecule has 0 saturated heterocycles. The van der Waals surface area contributed by atoms with E-state index >= 15 is 0 Å². The number of carbonyl (C=O) groups excluding carboxylic acids is 1. The van der Waals surface area contributed by atoms with Gasteiger partial charge in [0.15, 0.2) is 5.69 Å². The fraction of sp³-hybridized carbons (Fsp3) is 0.154. The number of nitrogens with one attached hydrogen (secondary N) is 1. The second-order valence-corrected chi connectivity index (χ2v) is 4.11. The Labute approximate surface area is 117 Å². The van der Waals surface area contributed by atoms with Crippen LogP contribution in [0.3, 0.4) is 0 Å². The number of H-pyrrole nitrogens is 1. The molecule has 0 aliphatic carbocycles. The van der Waals surface area contributed by atoms with E-state index in [0.29, 0.717) is 6.07 Å². The first kappa shape index (κ1) is 14.6. The fourth-order valence-corrected chi connectivity index (χ4v) is 1.68. The average molecular weight is 296 g/mol. The normalized spacial score (nSPS) is 10.4. The number of nitrogens with zero attached hydrogens (tertiary/aromatic N) is 1. The summed E-state index contributed by atoms with van der Waals surface area (Å²) >= 11 is 0. The Kier molecular flexibility index (Phi) is 3.97. The van der Waals surface area contributed by atoms with E-state index in [2.05, 4.69) is 14.7 Å². The van der Waals surface area contributed by atoms with Crippen LogP contribution in [-0.2, 0) is 11.2 Å². The van der Waals surface area contributed by atoms with Gasteiger partial charge in [-0.2, -0.15) is 0 Å². The number of benzene rings is 1. The quantitative estimate of drug-likeness (QED) is 0.828. The summed E-state index contributed by atoms with van der Waals surface area (Å²) in [5.74, 6) is -3.50. The van der Waals surface area contributed by atoms with E-state index in [-0.39, 0.29) is 17.8 Å². The number of hydrogen-bond donors (Lipinski definition) is 2. The van der Waals surface area contributed by atoms with Crippen molar-refractivity contribution in [1.29, 1.82) is 0 Å². The molecule has 2 aromatic rings. The average Bonchev–Trinajstić information content (AvgIpc) is 2.44. The van der Waals surface area contributed by atoms with Crippen LogP contribution in [-0.4, -0.2) is 28.2 Å².